The predicted molar refractivity (Wildman–Crippen MR) is 280 cm³/mol. The SMILES string of the molecule is CC1(C)c2ccccc2-c2ccc(N(c3ccc(-c4cccc5ccccc45)cc3)c3cccc(-c4ccc5sc6ccccc6c5c4)c3-c3cc4ccccc4c4ccccc34)cc21. The van der Waals surface area contributed by atoms with Gasteiger partial charge in [0, 0.05) is 42.5 Å². The van der Waals surface area contributed by atoms with E-state index in [1.54, 1.807) is 0 Å². The van der Waals surface area contributed by atoms with Crippen molar-refractivity contribution in [1.29, 1.82) is 0 Å². The number of hydrogen-bond acceptors (Lipinski definition) is 2. The van der Waals surface area contributed by atoms with Crippen LogP contribution >= 0.6 is 11.3 Å². The summed E-state index contributed by atoms with van der Waals surface area (Å²) >= 11 is 1.87. The Morgan fingerprint density at radius 2 is 0.938 bits per heavy atom. The summed E-state index contributed by atoms with van der Waals surface area (Å²) in [5.41, 5.74) is 15.8. The molecule has 1 aromatic heterocycles. The van der Waals surface area contributed by atoms with Crippen molar-refractivity contribution in [3.05, 3.63) is 236 Å². The van der Waals surface area contributed by atoms with E-state index in [2.05, 4.69) is 243 Å². The third-order valence-electron chi connectivity index (χ3n) is 14.1. The fraction of sp³-hybridized carbons (Fsp3) is 0.0476. The fourth-order valence-electron chi connectivity index (χ4n) is 10.9. The lowest BCUT2D eigenvalue weighted by molar-refractivity contribution is 0.660. The molecule has 2 heteroatoms. The minimum atomic E-state index is -0.163. The zero-order chi connectivity index (χ0) is 43.2. The topological polar surface area (TPSA) is 3.24 Å². The minimum Gasteiger partial charge on any atom is -0.310 e. The smallest absolute Gasteiger partial charge is 0.0546 e. The van der Waals surface area contributed by atoms with E-state index in [-0.39, 0.29) is 5.41 Å². The largest absolute Gasteiger partial charge is 0.310 e. The van der Waals surface area contributed by atoms with Crippen molar-refractivity contribution in [2.45, 2.75) is 19.3 Å². The molecular weight excluding hydrogens is 803 g/mol. The highest BCUT2D eigenvalue weighted by Gasteiger charge is 2.36. The van der Waals surface area contributed by atoms with Crippen molar-refractivity contribution >= 4 is 80.9 Å². The molecule has 306 valence electrons. The molecule has 0 amide bonds. The summed E-state index contributed by atoms with van der Waals surface area (Å²) in [4.78, 5) is 2.52. The molecule has 1 nitrogen and oxygen atoms in total. The Kier molecular flexibility index (Phi) is 8.50. The number of hydrogen-bond donors (Lipinski definition) is 0. The van der Waals surface area contributed by atoms with Crippen LogP contribution in [0.3, 0.4) is 0 Å². The summed E-state index contributed by atoms with van der Waals surface area (Å²) in [5.74, 6) is 0. The molecule has 0 N–H and O–H groups in total. The molecule has 0 spiro atoms. The average Bonchev–Trinajstić information content (AvgIpc) is 3.85. The summed E-state index contributed by atoms with van der Waals surface area (Å²) in [6, 6.07) is 83.8. The van der Waals surface area contributed by atoms with E-state index in [1.807, 2.05) is 11.3 Å². The fourth-order valence-corrected chi connectivity index (χ4v) is 12.0. The van der Waals surface area contributed by atoms with Gasteiger partial charge in [0.25, 0.3) is 0 Å². The Morgan fingerprint density at radius 1 is 0.338 bits per heavy atom. The van der Waals surface area contributed by atoms with Gasteiger partial charge in [0.2, 0.25) is 0 Å². The van der Waals surface area contributed by atoms with E-state index in [1.165, 1.54) is 108 Å². The quantitative estimate of drug-likeness (QED) is 0.151. The second-order valence-corrected chi connectivity index (χ2v) is 19.1. The van der Waals surface area contributed by atoms with Gasteiger partial charge in [-0.25, -0.2) is 0 Å². The molecule has 1 heterocycles. The molecule has 1 aliphatic rings. The number of fused-ring (bicyclic) bond motifs is 10. The van der Waals surface area contributed by atoms with Gasteiger partial charge in [-0.05, 0) is 137 Å². The second kappa shape index (κ2) is 14.6. The van der Waals surface area contributed by atoms with Crippen molar-refractivity contribution in [2.24, 2.45) is 0 Å². The lowest BCUT2D eigenvalue weighted by Crippen LogP contribution is -2.17. The van der Waals surface area contributed by atoms with Crippen LogP contribution in [0.15, 0.2) is 224 Å². The van der Waals surface area contributed by atoms with E-state index in [9.17, 15) is 0 Å². The van der Waals surface area contributed by atoms with Crippen LogP contribution in [0.25, 0.3) is 97.0 Å². The lowest BCUT2D eigenvalue weighted by atomic mass is 9.82. The summed E-state index contributed by atoms with van der Waals surface area (Å²) in [6.45, 7) is 4.75. The first kappa shape index (κ1) is 37.7. The molecular formula is C63H43NS. The molecule has 0 radical (unpaired) electrons. The molecule has 0 saturated carbocycles. The Balaban J connectivity index is 1.10. The van der Waals surface area contributed by atoms with Gasteiger partial charge >= 0.3 is 0 Å². The maximum Gasteiger partial charge on any atom is 0.0546 e. The minimum absolute atomic E-state index is 0.163. The zero-order valence-corrected chi connectivity index (χ0v) is 37.0. The lowest BCUT2D eigenvalue weighted by Gasteiger charge is -2.31. The van der Waals surface area contributed by atoms with Crippen LogP contribution in [0, 0.1) is 0 Å². The van der Waals surface area contributed by atoms with Crippen molar-refractivity contribution in [3.63, 3.8) is 0 Å². The molecule has 0 unspecified atom stereocenters. The van der Waals surface area contributed by atoms with Crippen LogP contribution in [0.4, 0.5) is 17.1 Å². The van der Waals surface area contributed by atoms with Gasteiger partial charge in [-0.2, -0.15) is 0 Å². The Bertz CT molecular complexity index is 3860. The van der Waals surface area contributed by atoms with Gasteiger partial charge < -0.3 is 4.90 Å². The highest BCUT2D eigenvalue weighted by Crippen LogP contribution is 2.53. The number of benzene rings is 11. The number of thiophene rings is 1. The van der Waals surface area contributed by atoms with Crippen LogP contribution in [-0.4, -0.2) is 0 Å². The third-order valence-corrected chi connectivity index (χ3v) is 15.2. The van der Waals surface area contributed by atoms with E-state index >= 15 is 0 Å². The average molecular weight is 846 g/mol. The van der Waals surface area contributed by atoms with E-state index in [0.717, 1.165) is 17.1 Å². The van der Waals surface area contributed by atoms with Crippen molar-refractivity contribution in [2.75, 3.05) is 4.90 Å². The van der Waals surface area contributed by atoms with Crippen LogP contribution < -0.4 is 4.90 Å². The molecule has 13 rings (SSSR count). The van der Waals surface area contributed by atoms with Gasteiger partial charge in [-0.3, -0.25) is 0 Å². The van der Waals surface area contributed by atoms with Gasteiger partial charge in [-0.1, -0.05) is 184 Å². The number of rotatable bonds is 6. The van der Waals surface area contributed by atoms with E-state index in [4.69, 9.17) is 0 Å². The van der Waals surface area contributed by atoms with Crippen LogP contribution in [0.2, 0.25) is 0 Å². The third kappa shape index (κ3) is 5.91. The Morgan fingerprint density at radius 3 is 1.80 bits per heavy atom. The maximum absolute atomic E-state index is 2.52. The predicted octanol–water partition coefficient (Wildman–Crippen LogP) is 18.3. The number of nitrogens with zero attached hydrogens (tertiary/aromatic N) is 1. The van der Waals surface area contributed by atoms with Gasteiger partial charge in [0.05, 0.1) is 5.69 Å². The first-order chi connectivity index (χ1) is 32.0. The summed E-state index contributed by atoms with van der Waals surface area (Å²) < 4.78 is 2.62. The maximum atomic E-state index is 2.52. The normalized spacial score (nSPS) is 12.9. The monoisotopic (exact) mass is 845 g/mol. The molecule has 0 atom stereocenters. The molecule has 0 aliphatic heterocycles. The summed E-state index contributed by atoms with van der Waals surface area (Å²) in [6.07, 6.45) is 0. The van der Waals surface area contributed by atoms with Crippen LogP contribution in [0.5, 0.6) is 0 Å². The van der Waals surface area contributed by atoms with Gasteiger partial charge in [-0.15, -0.1) is 11.3 Å². The van der Waals surface area contributed by atoms with Gasteiger partial charge in [0.1, 0.15) is 0 Å². The zero-order valence-electron chi connectivity index (χ0n) is 36.2. The molecule has 1 aliphatic carbocycles. The molecule has 65 heavy (non-hydrogen) atoms. The van der Waals surface area contributed by atoms with E-state index in [0.29, 0.717) is 0 Å². The summed E-state index contributed by atoms with van der Waals surface area (Å²) in [7, 11) is 0. The molecule has 11 aromatic carbocycles. The number of anilines is 3. The standard InChI is InChI=1S/C63H43NS/c1-63(2)57-26-11-9-22-52(57)53-35-34-45(39-58(53)63)64(44-32-29-41(30-33-44)47-24-13-17-40-15-3-5-18-46(40)47)59-27-14-25-49(43-31-36-61-55(37-43)54-23-10-12-28-60(54)65-61)62(59)56-38-42-16-4-6-19-48(42)50-20-7-8-21-51(50)56/h3-39H,1-2H3. The van der Waals surface area contributed by atoms with Gasteiger partial charge in [0.15, 0.2) is 0 Å². The second-order valence-electron chi connectivity index (χ2n) is 18.0. The van der Waals surface area contributed by atoms with Crippen LogP contribution in [0.1, 0.15) is 25.0 Å². The van der Waals surface area contributed by atoms with E-state index < -0.39 is 0 Å². The molecule has 12 aromatic rings. The highest BCUT2D eigenvalue weighted by molar-refractivity contribution is 7.25. The first-order valence-electron chi connectivity index (χ1n) is 22.6. The van der Waals surface area contributed by atoms with Crippen molar-refractivity contribution in [3.8, 4) is 44.5 Å². The molecule has 0 saturated heterocycles. The Labute approximate surface area is 383 Å². The van der Waals surface area contributed by atoms with Crippen molar-refractivity contribution in [1.82, 2.24) is 0 Å². The Hall–Kier alpha value is -7.78. The van der Waals surface area contributed by atoms with Crippen molar-refractivity contribution < 1.29 is 0 Å². The van der Waals surface area contributed by atoms with Crippen LogP contribution in [-0.2, 0) is 5.41 Å². The molecule has 0 bridgehead atoms. The highest BCUT2D eigenvalue weighted by atomic mass is 32.1. The molecule has 0 fully saturated rings. The summed E-state index contributed by atoms with van der Waals surface area (Å²) in [5, 5.41) is 10.1. The first-order valence-corrected chi connectivity index (χ1v) is 23.4.